The maximum absolute atomic E-state index is 11.5. The van der Waals surface area contributed by atoms with E-state index in [9.17, 15) is 4.79 Å². The van der Waals surface area contributed by atoms with Crippen LogP contribution in [0, 0.1) is 6.92 Å². The molecule has 2 rings (SSSR count). The molecule has 0 aliphatic heterocycles. The standard InChI is InChI=1S/C12H13NO2/c1-3-15-12(14)10-4-5-11-6-9(2)7-13(11)8-10/h4-8H,3H2,1-2H3. The van der Waals surface area contributed by atoms with Gasteiger partial charge in [-0.1, -0.05) is 0 Å². The quantitative estimate of drug-likeness (QED) is 0.702. The van der Waals surface area contributed by atoms with E-state index in [1.165, 1.54) is 5.56 Å². The van der Waals surface area contributed by atoms with Crippen LogP contribution in [0.1, 0.15) is 22.8 Å². The van der Waals surface area contributed by atoms with Crippen molar-refractivity contribution in [3.63, 3.8) is 0 Å². The Hall–Kier alpha value is -1.77. The minimum atomic E-state index is -0.272. The predicted molar refractivity (Wildman–Crippen MR) is 58.1 cm³/mol. The lowest BCUT2D eigenvalue weighted by Gasteiger charge is -2.02. The smallest absolute Gasteiger partial charge is 0.339 e. The number of aromatic nitrogens is 1. The highest BCUT2D eigenvalue weighted by molar-refractivity contribution is 5.89. The summed E-state index contributed by atoms with van der Waals surface area (Å²) in [4.78, 5) is 11.5. The van der Waals surface area contributed by atoms with Gasteiger partial charge in [0, 0.05) is 17.9 Å². The van der Waals surface area contributed by atoms with Gasteiger partial charge in [0.25, 0.3) is 0 Å². The first-order chi connectivity index (χ1) is 7.20. The van der Waals surface area contributed by atoms with E-state index in [1.807, 2.05) is 23.6 Å². The van der Waals surface area contributed by atoms with Crippen LogP contribution in [0.15, 0.2) is 30.6 Å². The van der Waals surface area contributed by atoms with E-state index in [0.717, 1.165) is 5.52 Å². The zero-order chi connectivity index (χ0) is 10.8. The van der Waals surface area contributed by atoms with E-state index < -0.39 is 0 Å². The highest BCUT2D eigenvalue weighted by atomic mass is 16.5. The Morgan fingerprint density at radius 1 is 1.40 bits per heavy atom. The SMILES string of the molecule is CCOC(=O)c1ccc2cc(C)cn2c1. The van der Waals surface area contributed by atoms with Crippen LogP contribution in [0.25, 0.3) is 5.52 Å². The van der Waals surface area contributed by atoms with Gasteiger partial charge in [0.2, 0.25) is 0 Å². The molecule has 0 aliphatic rings. The highest BCUT2D eigenvalue weighted by Crippen LogP contribution is 2.11. The second-order valence-electron chi connectivity index (χ2n) is 3.49. The molecule has 3 nitrogen and oxygen atoms in total. The van der Waals surface area contributed by atoms with Gasteiger partial charge in [0.15, 0.2) is 0 Å². The number of carbonyl (C=O) groups excluding carboxylic acids is 1. The molecule has 0 unspecified atom stereocenters. The summed E-state index contributed by atoms with van der Waals surface area (Å²) >= 11 is 0. The van der Waals surface area contributed by atoms with Gasteiger partial charge in [-0.2, -0.15) is 0 Å². The van der Waals surface area contributed by atoms with Crippen LogP contribution >= 0.6 is 0 Å². The summed E-state index contributed by atoms with van der Waals surface area (Å²) in [6.45, 7) is 4.23. The molecule has 0 radical (unpaired) electrons. The van der Waals surface area contributed by atoms with E-state index >= 15 is 0 Å². The summed E-state index contributed by atoms with van der Waals surface area (Å²) in [7, 11) is 0. The van der Waals surface area contributed by atoms with Crippen molar-refractivity contribution in [2.45, 2.75) is 13.8 Å². The second-order valence-corrected chi connectivity index (χ2v) is 3.49. The van der Waals surface area contributed by atoms with Crippen LogP contribution < -0.4 is 0 Å². The lowest BCUT2D eigenvalue weighted by atomic mass is 10.2. The summed E-state index contributed by atoms with van der Waals surface area (Å²) in [5.41, 5.74) is 2.84. The molecule has 2 aromatic rings. The molecule has 0 aliphatic carbocycles. The number of rotatable bonds is 2. The summed E-state index contributed by atoms with van der Waals surface area (Å²) in [6, 6.07) is 5.76. The maximum Gasteiger partial charge on any atom is 0.339 e. The van der Waals surface area contributed by atoms with E-state index in [2.05, 4.69) is 6.07 Å². The summed E-state index contributed by atoms with van der Waals surface area (Å²) in [5, 5.41) is 0. The zero-order valence-electron chi connectivity index (χ0n) is 8.86. The molecule has 0 atom stereocenters. The van der Waals surface area contributed by atoms with Crippen LogP contribution in [0.4, 0.5) is 0 Å². The van der Waals surface area contributed by atoms with Crippen molar-refractivity contribution in [1.82, 2.24) is 4.40 Å². The summed E-state index contributed by atoms with van der Waals surface area (Å²) in [5.74, 6) is -0.272. The lowest BCUT2D eigenvalue weighted by Crippen LogP contribution is -2.05. The molecule has 0 saturated carbocycles. The van der Waals surface area contributed by atoms with Crippen LogP contribution in [-0.2, 0) is 4.74 Å². The normalized spacial score (nSPS) is 10.5. The third-order valence-corrected chi connectivity index (χ3v) is 2.24. The van der Waals surface area contributed by atoms with Crippen LogP contribution in [0.5, 0.6) is 0 Å². The number of esters is 1. The molecule has 2 aromatic heterocycles. The summed E-state index contributed by atoms with van der Waals surface area (Å²) in [6.07, 6.45) is 3.78. The largest absolute Gasteiger partial charge is 0.462 e. The fourth-order valence-corrected chi connectivity index (χ4v) is 1.59. The van der Waals surface area contributed by atoms with Gasteiger partial charge in [-0.3, -0.25) is 0 Å². The van der Waals surface area contributed by atoms with Crippen molar-refractivity contribution in [3.8, 4) is 0 Å². The molecule has 78 valence electrons. The first-order valence-electron chi connectivity index (χ1n) is 4.96. The third-order valence-electron chi connectivity index (χ3n) is 2.24. The molecule has 0 spiro atoms. The van der Waals surface area contributed by atoms with Crippen molar-refractivity contribution in [3.05, 3.63) is 41.7 Å². The maximum atomic E-state index is 11.5. The Morgan fingerprint density at radius 2 is 2.20 bits per heavy atom. The Morgan fingerprint density at radius 3 is 2.93 bits per heavy atom. The molecule has 0 amide bonds. The minimum Gasteiger partial charge on any atom is -0.462 e. The summed E-state index contributed by atoms with van der Waals surface area (Å²) < 4.78 is 6.86. The fourth-order valence-electron chi connectivity index (χ4n) is 1.59. The van der Waals surface area contributed by atoms with Crippen LogP contribution in [0.3, 0.4) is 0 Å². The van der Waals surface area contributed by atoms with Gasteiger partial charge >= 0.3 is 5.97 Å². The Kier molecular flexibility index (Phi) is 2.46. The number of ether oxygens (including phenoxy) is 1. The molecule has 2 heterocycles. The van der Waals surface area contributed by atoms with Crippen molar-refractivity contribution in [2.75, 3.05) is 6.61 Å². The first kappa shape index (κ1) is 9.77. The number of nitrogens with zero attached hydrogens (tertiary/aromatic N) is 1. The topological polar surface area (TPSA) is 30.7 Å². The van der Waals surface area contributed by atoms with E-state index in [0.29, 0.717) is 12.2 Å². The van der Waals surface area contributed by atoms with Gasteiger partial charge in [0.05, 0.1) is 12.2 Å². The number of pyridine rings is 1. The number of carbonyl (C=O) groups is 1. The van der Waals surface area contributed by atoms with E-state index in [4.69, 9.17) is 4.74 Å². The molecule has 0 saturated heterocycles. The lowest BCUT2D eigenvalue weighted by molar-refractivity contribution is 0.0526. The van der Waals surface area contributed by atoms with Crippen LogP contribution in [0.2, 0.25) is 0 Å². The number of hydrogen-bond donors (Lipinski definition) is 0. The third kappa shape index (κ3) is 1.86. The average molecular weight is 203 g/mol. The molecule has 0 bridgehead atoms. The van der Waals surface area contributed by atoms with Gasteiger partial charge in [-0.15, -0.1) is 0 Å². The van der Waals surface area contributed by atoms with Crippen molar-refractivity contribution >= 4 is 11.5 Å². The molecule has 15 heavy (non-hydrogen) atoms. The van der Waals surface area contributed by atoms with Crippen LogP contribution in [-0.4, -0.2) is 17.0 Å². The first-order valence-corrected chi connectivity index (χ1v) is 4.96. The Bertz CT molecular complexity index is 499. The molecule has 0 fully saturated rings. The van der Waals surface area contributed by atoms with Crippen molar-refractivity contribution in [1.29, 1.82) is 0 Å². The van der Waals surface area contributed by atoms with Gasteiger partial charge < -0.3 is 9.14 Å². The monoisotopic (exact) mass is 203 g/mol. The Labute approximate surface area is 88.3 Å². The molecular weight excluding hydrogens is 190 g/mol. The number of fused-ring (bicyclic) bond motifs is 1. The molecule has 0 aromatic carbocycles. The molecular formula is C12H13NO2. The average Bonchev–Trinajstić information content (AvgIpc) is 2.57. The van der Waals surface area contributed by atoms with Gasteiger partial charge in [0.1, 0.15) is 0 Å². The highest BCUT2D eigenvalue weighted by Gasteiger charge is 2.06. The van der Waals surface area contributed by atoms with E-state index in [-0.39, 0.29) is 5.97 Å². The van der Waals surface area contributed by atoms with Gasteiger partial charge in [-0.05, 0) is 37.6 Å². The molecule has 3 heteroatoms. The Balaban J connectivity index is 2.41. The zero-order valence-corrected chi connectivity index (χ0v) is 8.86. The van der Waals surface area contributed by atoms with Crippen molar-refractivity contribution in [2.24, 2.45) is 0 Å². The predicted octanol–water partition coefficient (Wildman–Crippen LogP) is 2.42. The fraction of sp³-hybridized carbons (Fsp3) is 0.250. The minimum absolute atomic E-state index is 0.272. The number of aryl methyl sites for hydroxylation is 1. The second kappa shape index (κ2) is 3.77. The van der Waals surface area contributed by atoms with E-state index in [1.54, 1.807) is 19.2 Å². The molecule has 0 N–H and O–H groups in total. The van der Waals surface area contributed by atoms with Gasteiger partial charge in [-0.25, -0.2) is 4.79 Å². The van der Waals surface area contributed by atoms with Crippen molar-refractivity contribution < 1.29 is 9.53 Å². The number of hydrogen-bond acceptors (Lipinski definition) is 2.